The van der Waals surface area contributed by atoms with Crippen LogP contribution in [-0.4, -0.2) is 11.2 Å². The van der Waals surface area contributed by atoms with Crippen LogP contribution in [0.2, 0.25) is 0 Å². The molecule has 1 heteroatoms. The largest absolute Gasteiger partial charge is 0.393 e. The Morgan fingerprint density at radius 2 is 2.25 bits per heavy atom. The Bertz CT molecular complexity index is 250. The van der Waals surface area contributed by atoms with Gasteiger partial charge in [0.25, 0.3) is 0 Å². The average Bonchev–Trinajstić information content (AvgIpc) is 2.29. The number of hydrogen-bond donors (Lipinski definition) is 1. The lowest BCUT2D eigenvalue weighted by Crippen LogP contribution is -2.11. The number of allylic oxidation sites excluding steroid dienone is 3. The second-order valence-corrected chi connectivity index (χ2v) is 4.19. The van der Waals surface area contributed by atoms with Gasteiger partial charge >= 0.3 is 0 Å². The third-order valence-corrected chi connectivity index (χ3v) is 3.05. The SMILES string of the molecule is CC1=CC(C)C2CC(O)CC2=C1. The van der Waals surface area contributed by atoms with Gasteiger partial charge in [-0.05, 0) is 31.6 Å². The summed E-state index contributed by atoms with van der Waals surface area (Å²) >= 11 is 0. The summed E-state index contributed by atoms with van der Waals surface area (Å²) in [5.41, 5.74) is 2.83. The summed E-state index contributed by atoms with van der Waals surface area (Å²) in [6.45, 7) is 4.39. The van der Waals surface area contributed by atoms with E-state index in [-0.39, 0.29) is 6.10 Å². The summed E-state index contributed by atoms with van der Waals surface area (Å²) in [5.74, 6) is 1.26. The number of aliphatic hydroxyl groups is 1. The predicted molar refractivity (Wildman–Crippen MR) is 49.7 cm³/mol. The topological polar surface area (TPSA) is 20.2 Å². The number of hydrogen-bond acceptors (Lipinski definition) is 1. The van der Waals surface area contributed by atoms with Crippen LogP contribution in [0.5, 0.6) is 0 Å². The van der Waals surface area contributed by atoms with Gasteiger partial charge in [0, 0.05) is 0 Å². The van der Waals surface area contributed by atoms with E-state index in [0.29, 0.717) is 11.8 Å². The predicted octanol–water partition coefficient (Wildman–Crippen LogP) is 2.28. The first-order chi connectivity index (χ1) is 5.66. The van der Waals surface area contributed by atoms with E-state index in [2.05, 4.69) is 26.0 Å². The molecule has 2 aliphatic carbocycles. The minimum Gasteiger partial charge on any atom is -0.393 e. The molecule has 1 nitrogen and oxygen atoms in total. The zero-order valence-corrected chi connectivity index (χ0v) is 7.75. The number of rotatable bonds is 0. The van der Waals surface area contributed by atoms with Crippen LogP contribution in [0.3, 0.4) is 0 Å². The molecule has 3 unspecified atom stereocenters. The first-order valence-corrected chi connectivity index (χ1v) is 4.74. The highest BCUT2D eigenvalue weighted by Crippen LogP contribution is 2.40. The molecule has 0 aromatic rings. The van der Waals surface area contributed by atoms with Crippen LogP contribution >= 0.6 is 0 Å². The number of aliphatic hydroxyl groups excluding tert-OH is 1. The molecular weight excluding hydrogens is 148 g/mol. The fraction of sp³-hybridized carbons (Fsp3) is 0.636. The summed E-state index contributed by atoms with van der Waals surface area (Å²) in [6, 6.07) is 0. The van der Waals surface area contributed by atoms with Crippen molar-refractivity contribution in [3.63, 3.8) is 0 Å². The molecule has 1 fully saturated rings. The minimum atomic E-state index is -0.0806. The van der Waals surface area contributed by atoms with Gasteiger partial charge in [-0.3, -0.25) is 0 Å². The Balaban J connectivity index is 2.26. The molecular formula is C11H16O. The fourth-order valence-electron chi connectivity index (χ4n) is 2.54. The molecule has 3 atom stereocenters. The van der Waals surface area contributed by atoms with Gasteiger partial charge in [0.15, 0.2) is 0 Å². The van der Waals surface area contributed by atoms with Crippen LogP contribution in [0.15, 0.2) is 23.3 Å². The molecule has 0 amide bonds. The molecule has 0 saturated heterocycles. The highest BCUT2D eigenvalue weighted by molar-refractivity contribution is 5.32. The van der Waals surface area contributed by atoms with Crippen LogP contribution in [0, 0.1) is 11.8 Å². The molecule has 0 aliphatic heterocycles. The van der Waals surface area contributed by atoms with Gasteiger partial charge in [-0.1, -0.05) is 30.2 Å². The van der Waals surface area contributed by atoms with E-state index in [1.54, 1.807) is 0 Å². The van der Waals surface area contributed by atoms with Crippen molar-refractivity contribution >= 4 is 0 Å². The molecule has 1 saturated carbocycles. The molecule has 2 aliphatic rings. The zero-order valence-electron chi connectivity index (χ0n) is 7.75. The molecule has 0 aromatic carbocycles. The Hall–Kier alpha value is -0.560. The van der Waals surface area contributed by atoms with Gasteiger partial charge < -0.3 is 5.11 Å². The van der Waals surface area contributed by atoms with Crippen LogP contribution in [0.1, 0.15) is 26.7 Å². The monoisotopic (exact) mass is 164 g/mol. The molecule has 2 rings (SSSR count). The lowest BCUT2D eigenvalue weighted by atomic mass is 9.83. The third kappa shape index (κ3) is 1.22. The van der Waals surface area contributed by atoms with E-state index in [1.165, 1.54) is 11.1 Å². The Kier molecular flexibility index (Phi) is 1.84. The Morgan fingerprint density at radius 1 is 1.50 bits per heavy atom. The van der Waals surface area contributed by atoms with Gasteiger partial charge in [0.2, 0.25) is 0 Å². The second-order valence-electron chi connectivity index (χ2n) is 4.19. The van der Waals surface area contributed by atoms with Crippen molar-refractivity contribution in [2.45, 2.75) is 32.8 Å². The zero-order chi connectivity index (χ0) is 8.72. The molecule has 0 radical (unpaired) electrons. The standard InChI is InChI=1S/C11H16O/c1-7-3-8(2)11-6-10(12)5-9(11)4-7/h3-4,8,10-12H,5-6H2,1-2H3. The van der Waals surface area contributed by atoms with E-state index >= 15 is 0 Å². The molecule has 1 N–H and O–H groups in total. The maximum Gasteiger partial charge on any atom is 0.0583 e. The highest BCUT2D eigenvalue weighted by Gasteiger charge is 2.32. The van der Waals surface area contributed by atoms with E-state index < -0.39 is 0 Å². The molecule has 0 aromatic heterocycles. The van der Waals surface area contributed by atoms with Gasteiger partial charge in [0.05, 0.1) is 6.10 Å². The van der Waals surface area contributed by atoms with Crippen molar-refractivity contribution in [3.8, 4) is 0 Å². The normalized spacial score (nSPS) is 40.4. The highest BCUT2D eigenvalue weighted by atomic mass is 16.3. The minimum absolute atomic E-state index is 0.0806. The fourth-order valence-corrected chi connectivity index (χ4v) is 2.54. The van der Waals surface area contributed by atoms with E-state index in [0.717, 1.165) is 12.8 Å². The molecule has 12 heavy (non-hydrogen) atoms. The average molecular weight is 164 g/mol. The van der Waals surface area contributed by atoms with Gasteiger partial charge in [-0.25, -0.2) is 0 Å². The first kappa shape index (κ1) is 8.06. The molecule has 0 heterocycles. The molecule has 0 bridgehead atoms. The van der Waals surface area contributed by atoms with E-state index in [9.17, 15) is 5.11 Å². The van der Waals surface area contributed by atoms with Crippen LogP contribution in [-0.2, 0) is 0 Å². The molecule has 66 valence electrons. The Morgan fingerprint density at radius 3 is 3.00 bits per heavy atom. The lowest BCUT2D eigenvalue weighted by Gasteiger charge is -2.22. The lowest BCUT2D eigenvalue weighted by molar-refractivity contribution is 0.175. The smallest absolute Gasteiger partial charge is 0.0583 e. The van der Waals surface area contributed by atoms with Gasteiger partial charge in [-0.2, -0.15) is 0 Å². The summed E-state index contributed by atoms with van der Waals surface area (Å²) < 4.78 is 0. The molecule has 0 spiro atoms. The number of fused-ring (bicyclic) bond motifs is 1. The summed E-state index contributed by atoms with van der Waals surface area (Å²) in [5, 5.41) is 9.50. The van der Waals surface area contributed by atoms with E-state index in [4.69, 9.17) is 0 Å². The van der Waals surface area contributed by atoms with Crippen molar-refractivity contribution in [2.24, 2.45) is 11.8 Å². The second kappa shape index (κ2) is 2.74. The van der Waals surface area contributed by atoms with Gasteiger partial charge in [-0.15, -0.1) is 0 Å². The van der Waals surface area contributed by atoms with Crippen molar-refractivity contribution < 1.29 is 5.11 Å². The van der Waals surface area contributed by atoms with Crippen LogP contribution in [0.4, 0.5) is 0 Å². The van der Waals surface area contributed by atoms with Crippen molar-refractivity contribution in [1.29, 1.82) is 0 Å². The van der Waals surface area contributed by atoms with Crippen LogP contribution in [0.25, 0.3) is 0 Å². The van der Waals surface area contributed by atoms with E-state index in [1.807, 2.05) is 0 Å². The summed E-state index contributed by atoms with van der Waals surface area (Å²) in [4.78, 5) is 0. The maximum atomic E-state index is 9.50. The quantitative estimate of drug-likeness (QED) is 0.582. The summed E-state index contributed by atoms with van der Waals surface area (Å²) in [6.07, 6.45) is 6.35. The first-order valence-electron chi connectivity index (χ1n) is 4.74. The third-order valence-electron chi connectivity index (χ3n) is 3.05. The summed E-state index contributed by atoms with van der Waals surface area (Å²) in [7, 11) is 0. The van der Waals surface area contributed by atoms with Crippen molar-refractivity contribution in [2.75, 3.05) is 0 Å². The van der Waals surface area contributed by atoms with Crippen molar-refractivity contribution in [1.82, 2.24) is 0 Å². The van der Waals surface area contributed by atoms with Crippen LogP contribution < -0.4 is 0 Å². The maximum absolute atomic E-state index is 9.50. The van der Waals surface area contributed by atoms with Crippen molar-refractivity contribution in [3.05, 3.63) is 23.3 Å². The Labute approximate surface area is 73.8 Å². The van der Waals surface area contributed by atoms with Gasteiger partial charge in [0.1, 0.15) is 0 Å².